The topological polar surface area (TPSA) is 76.5 Å². The summed E-state index contributed by atoms with van der Waals surface area (Å²) in [6.45, 7) is 7.23. The molecule has 0 aliphatic carbocycles. The van der Waals surface area contributed by atoms with Crippen molar-refractivity contribution in [3.8, 4) is 0 Å². The standard InChI is InChI=1S/C18H34N4O2/c1-4-6-8-16(9-7-5-2)20-18(19)22(14-23)17-10-12-21(13-11-17)15(3)24/h14,16-17H,4-13H2,1-3H3,(H2,19,20). The second-order valence-corrected chi connectivity index (χ2v) is 6.72. The zero-order chi connectivity index (χ0) is 17.9. The largest absolute Gasteiger partial charge is 0.353 e. The minimum absolute atomic E-state index is 0.0103. The molecule has 0 spiro atoms. The molecule has 1 heterocycles. The highest BCUT2D eigenvalue weighted by atomic mass is 16.2. The quantitative estimate of drug-likeness (QED) is 0.385. The van der Waals surface area contributed by atoms with Gasteiger partial charge >= 0.3 is 0 Å². The van der Waals surface area contributed by atoms with Crippen LogP contribution in [0.1, 0.15) is 72.1 Å². The smallest absolute Gasteiger partial charge is 0.219 e. The molecule has 2 N–H and O–H groups in total. The summed E-state index contributed by atoms with van der Waals surface area (Å²) in [5.41, 5.74) is 0. The van der Waals surface area contributed by atoms with Gasteiger partial charge in [0.2, 0.25) is 12.3 Å². The van der Waals surface area contributed by atoms with Crippen LogP contribution in [0.25, 0.3) is 0 Å². The first kappa shape index (κ1) is 20.5. The maximum atomic E-state index is 11.5. The van der Waals surface area contributed by atoms with Gasteiger partial charge in [0.1, 0.15) is 0 Å². The van der Waals surface area contributed by atoms with Gasteiger partial charge in [-0.1, -0.05) is 39.5 Å². The van der Waals surface area contributed by atoms with Crippen molar-refractivity contribution in [2.45, 2.75) is 84.2 Å². The van der Waals surface area contributed by atoms with Crippen molar-refractivity contribution < 1.29 is 9.59 Å². The maximum Gasteiger partial charge on any atom is 0.219 e. The van der Waals surface area contributed by atoms with E-state index in [-0.39, 0.29) is 24.0 Å². The molecule has 6 nitrogen and oxygen atoms in total. The lowest BCUT2D eigenvalue weighted by Gasteiger charge is -2.37. The van der Waals surface area contributed by atoms with E-state index in [0.717, 1.165) is 57.8 Å². The molecule has 24 heavy (non-hydrogen) atoms. The second-order valence-electron chi connectivity index (χ2n) is 6.72. The summed E-state index contributed by atoms with van der Waals surface area (Å²) in [5.74, 6) is 0.294. The first-order valence-corrected chi connectivity index (χ1v) is 9.37. The molecule has 1 aliphatic heterocycles. The van der Waals surface area contributed by atoms with Gasteiger partial charge in [0.15, 0.2) is 5.96 Å². The van der Waals surface area contributed by atoms with Gasteiger partial charge in [0.05, 0.1) is 0 Å². The Morgan fingerprint density at radius 1 is 1.25 bits per heavy atom. The van der Waals surface area contributed by atoms with Crippen LogP contribution in [-0.2, 0) is 9.59 Å². The van der Waals surface area contributed by atoms with Gasteiger partial charge in [-0.15, -0.1) is 0 Å². The van der Waals surface area contributed by atoms with Gasteiger partial charge in [-0.25, -0.2) is 0 Å². The minimum atomic E-state index is 0.0103. The Kier molecular flexibility index (Phi) is 9.42. The van der Waals surface area contributed by atoms with Crippen molar-refractivity contribution in [1.29, 1.82) is 5.41 Å². The number of unbranched alkanes of at least 4 members (excludes halogenated alkanes) is 2. The highest BCUT2D eigenvalue weighted by Crippen LogP contribution is 2.16. The summed E-state index contributed by atoms with van der Waals surface area (Å²) in [6.07, 6.45) is 8.84. The number of nitrogens with zero attached hydrogens (tertiary/aromatic N) is 2. The number of guanidine groups is 1. The molecule has 0 aromatic rings. The van der Waals surface area contributed by atoms with Crippen LogP contribution in [-0.4, -0.2) is 53.2 Å². The van der Waals surface area contributed by atoms with Crippen molar-refractivity contribution >= 4 is 18.3 Å². The number of piperidine rings is 1. The molecule has 0 bridgehead atoms. The Bertz CT molecular complexity index is 398. The van der Waals surface area contributed by atoms with Gasteiger partial charge in [0, 0.05) is 32.1 Å². The van der Waals surface area contributed by atoms with E-state index in [2.05, 4.69) is 19.2 Å². The summed E-state index contributed by atoms with van der Waals surface area (Å²) < 4.78 is 0. The Balaban J connectivity index is 2.57. The number of hydrogen-bond acceptors (Lipinski definition) is 3. The molecule has 0 saturated carbocycles. The Morgan fingerprint density at radius 2 is 1.79 bits per heavy atom. The zero-order valence-electron chi connectivity index (χ0n) is 15.5. The van der Waals surface area contributed by atoms with Gasteiger partial charge in [-0.05, 0) is 25.7 Å². The van der Waals surface area contributed by atoms with E-state index >= 15 is 0 Å². The highest BCUT2D eigenvalue weighted by Gasteiger charge is 2.27. The number of carbonyl (C=O) groups is 2. The fourth-order valence-corrected chi connectivity index (χ4v) is 3.24. The van der Waals surface area contributed by atoms with Crippen LogP contribution < -0.4 is 5.32 Å². The van der Waals surface area contributed by atoms with Crippen LogP contribution in [0.15, 0.2) is 0 Å². The molecular formula is C18H34N4O2. The molecule has 138 valence electrons. The molecular weight excluding hydrogens is 304 g/mol. The van der Waals surface area contributed by atoms with Crippen LogP contribution in [0.3, 0.4) is 0 Å². The third-order valence-corrected chi connectivity index (χ3v) is 4.83. The van der Waals surface area contributed by atoms with Crippen LogP contribution >= 0.6 is 0 Å². The molecule has 0 radical (unpaired) electrons. The number of amides is 2. The van der Waals surface area contributed by atoms with Crippen molar-refractivity contribution in [2.24, 2.45) is 0 Å². The van der Waals surface area contributed by atoms with Crippen LogP contribution in [0.4, 0.5) is 0 Å². The van der Waals surface area contributed by atoms with Gasteiger partial charge < -0.3 is 10.2 Å². The van der Waals surface area contributed by atoms with E-state index in [0.29, 0.717) is 13.1 Å². The first-order chi connectivity index (χ1) is 11.5. The first-order valence-electron chi connectivity index (χ1n) is 9.37. The predicted molar refractivity (Wildman–Crippen MR) is 96.9 cm³/mol. The molecule has 1 saturated heterocycles. The molecule has 0 aromatic carbocycles. The van der Waals surface area contributed by atoms with E-state index in [1.54, 1.807) is 6.92 Å². The molecule has 1 rings (SSSR count). The summed E-state index contributed by atoms with van der Waals surface area (Å²) in [4.78, 5) is 26.3. The summed E-state index contributed by atoms with van der Waals surface area (Å²) in [5, 5.41) is 11.6. The zero-order valence-corrected chi connectivity index (χ0v) is 15.5. The lowest BCUT2D eigenvalue weighted by atomic mass is 10.0. The number of hydrogen-bond donors (Lipinski definition) is 2. The number of carbonyl (C=O) groups excluding carboxylic acids is 2. The SMILES string of the molecule is CCCCC(CCCC)NC(=N)N(C=O)C1CCN(C(C)=O)CC1. The molecule has 0 atom stereocenters. The predicted octanol–water partition coefficient (Wildman–Crippen LogP) is 2.73. The average molecular weight is 338 g/mol. The molecule has 2 amide bonds. The summed E-state index contributed by atoms with van der Waals surface area (Å²) >= 11 is 0. The van der Waals surface area contributed by atoms with Crippen molar-refractivity contribution in [3.05, 3.63) is 0 Å². The minimum Gasteiger partial charge on any atom is -0.353 e. The third kappa shape index (κ3) is 6.49. The maximum absolute atomic E-state index is 11.5. The van der Waals surface area contributed by atoms with Crippen molar-refractivity contribution in [2.75, 3.05) is 13.1 Å². The fourth-order valence-electron chi connectivity index (χ4n) is 3.24. The number of rotatable bonds is 9. The highest BCUT2D eigenvalue weighted by molar-refractivity contribution is 5.87. The van der Waals surface area contributed by atoms with E-state index in [4.69, 9.17) is 5.41 Å². The van der Waals surface area contributed by atoms with Crippen molar-refractivity contribution in [1.82, 2.24) is 15.1 Å². The molecule has 1 fully saturated rings. The second kappa shape index (κ2) is 11.0. The summed E-state index contributed by atoms with van der Waals surface area (Å²) in [6, 6.07) is 0.272. The van der Waals surface area contributed by atoms with Crippen molar-refractivity contribution in [3.63, 3.8) is 0 Å². The van der Waals surface area contributed by atoms with Gasteiger partial charge in [0.25, 0.3) is 0 Å². The number of likely N-dealkylation sites (tertiary alicyclic amines) is 1. The fraction of sp³-hybridized carbons (Fsp3) is 0.833. The lowest BCUT2D eigenvalue weighted by Crippen LogP contribution is -2.52. The molecule has 0 unspecified atom stereocenters. The normalized spacial score (nSPS) is 15.4. The van der Waals surface area contributed by atoms with Gasteiger partial charge in [-0.3, -0.25) is 19.9 Å². The van der Waals surface area contributed by atoms with Gasteiger partial charge in [-0.2, -0.15) is 0 Å². The van der Waals surface area contributed by atoms with E-state index in [1.807, 2.05) is 4.90 Å². The van der Waals surface area contributed by atoms with Crippen LogP contribution in [0.5, 0.6) is 0 Å². The van der Waals surface area contributed by atoms with E-state index in [9.17, 15) is 9.59 Å². The Morgan fingerprint density at radius 3 is 2.21 bits per heavy atom. The van der Waals surface area contributed by atoms with Crippen LogP contribution in [0.2, 0.25) is 0 Å². The molecule has 0 aromatic heterocycles. The van der Waals surface area contributed by atoms with Crippen LogP contribution in [0, 0.1) is 5.41 Å². The Labute approximate surface area is 146 Å². The molecule has 1 aliphatic rings. The molecule has 6 heteroatoms. The third-order valence-electron chi connectivity index (χ3n) is 4.83. The number of nitrogens with one attached hydrogen (secondary N) is 2. The lowest BCUT2D eigenvalue weighted by molar-refractivity contribution is -0.130. The van der Waals surface area contributed by atoms with E-state index in [1.165, 1.54) is 4.90 Å². The average Bonchev–Trinajstić information content (AvgIpc) is 2.58. The summed E-state index contributed by atoms with van der Waals surface area (Å²) in [7, 11) is 0. The monoisotopic (exact) mass is 338 g/mol. The Hall–Kier alpha value is -1.59. The van der Waals surface area contributed by atoms with E-state index < -0.39 is 0 Å².